The molecule has 0 saturated carbocycles. The van der Waals surface area contributed by atoms with Crippen molar-refractivity contribution in [1.82, 2.24) is 0 Å². The van der Waals surface area contributed by atoms with Crippen LogP contribution in [-0.4, -0.2) is 24.4 Å². The molecule has 0 aromatic heterocycles. The van der Waals surface area contributed by atoms with Gasteiger partial charge in [-0.25, -0.2) is 0 Å². The van der Waals surface area contributed by atoms with Crippen LogP contribution in [0, 0.1) is 0 Å². The summed E-state index contributed by atoms with van der Waals surface area (Å²) in [6.45, 7) is 5.87. The van der Waals surface area contributed by atoms with Gasteiger partial charge in [-0.3, -0.25) is 0 Å². The summed E-state index contributed by atoms with van der Waals surface area (Å²) in [4.78, 5) is 0. The minimum atomic E-state index is -0.112. The molecule has 2 nitrogen and oxygen atoms in total. The fourth-order valence-corrected chi connectivity index (χ4v) is 2.36. The Morgan fingerprint density at radius 2 is 1.92 bits per heavy atom. The van der Waals surface area contributed by atoms with Crippen LogP contribution in [0.5, 0.6) is 0 Å². The Balaban J connectivity index is 2.18. The summed E-state index contributed by atoms with van der Waals surface area (Å²) in [5.41, 5.74) is -0.143. The van der Waals surface area contributed by atoms with Crippen molar-refractivity contribution in [2.24, 2.45) is 0 Å². The maximum absolute atomic E-state index is 5.95. The smallest absolute Gasteiger partial charge is 0.0994 e. The van der Waals surface area contributed by atoms with Gasteiger partial charge < -0.3 is 9.47 Å². The molecule has 2 heteroatoms. The van der Waals surface area contributed by atoms with Crippen LogP contribution in [0.25, 0.3) is 0 Å². The van der Waals surface area contributed by atoms with E-state index >= 15 is 0 Å². The Bertz CT molecular complexity index is 208. The highest BCUT2D eigenvalue weighted by Gasteiger charge is 2.50. The van der Waals surface area contributed by atoms with Crippen molar-refractivity contribution in [1.29, 1.82) is 0 Å². The zero-order valence-corrected chi connectivity index (χ0v) is 8.51. The quantitative estimate of drug-likeness (QED) is 0.535. The summed E-state index contributed by atoms with van der Waals surface area (Å²) in [5, 5.41) is 0. The van der Waals surface area contributed by atoms with Crippen LogP contribution in [-0.2, 0) is 9.47 Å². The molecule has 2 rings (SSSR count). The van der Waals surface area contributed by atoms with Crippen LogP contribution < -0.4 is 0 Å². The standard InChI is InChI=1S/C11H18O2/c1-10(2)11(7-9-12-10)6-4-3-5-8-13-11/h3,5H,4,6-9H2,1-2H3/t11-/m0/s1. The molecule has 74 valence electrons. The first kappa shape index (κ1) is 9.22. The monoisotopic (exact) mass is 182 g/mol. The number of hydrogen-bond donors (Lipinski definition) is 0. The molecular formula is C11H18O2. The van der Waals surface area contributed by atoms with Gasteiger partial charge in [-0.15, -0.1) is 0 Å². The zero-order chi connectivity index (χ0) is 9.36. The number of ether oxygens (including phenoxy) is 2. The lowest BCUT2D eigenvalue weighted by molar-refractivity contribution is -0.131. The van der Waals surface area contributed by atoms with E-state index in [1.54, 1.807) is 0 Å². The first-order chi connectivity index (χ1) is 6.16. The van der Waals surface area contributed by atoms with E-state index in [1.165, 1.54) is 0 Å². The minimum absolute atomic E-state index is 0.0312. The highest BCUT2D eigenvalue weighted by atomic mass is 16.6. The average Bonchev–Trinajstić information content (AvgIpc) is 2.29. The molecule has 1 atom stereocenters. The van der Waals surface area contributed by atoms with E-state index < -0.39 is 0 Å². The third-order valence-electron chi connectivity index (χ3n) is 3.40. The van der Waals surface area contributed by atoms with Crippen LogP contribution in [0.2, 0.25) is 0 Å². The molecule has 1 fully saturated rings. The Hall–Kier alpha value is -0.340. The summed E-state index contributed by atoms with van der Waals surface area (Å²) in [6.07, 6.45) is 7.58. The van der Waals surface area contributed by atoms with Crippen molar-refractivity contribution in [3.8, 4) is 0 Å². The largest absolute Gasteiger partial charge is 0.372 e. The van der Waals surface area contributed by atoms with Gasteiger partial charge in [-0.1, -0.05) is 12.2 Å². The van der Waals surface area contributed by atoms with Crippen molar-refractivity contribution in [3.05, 3.63) is 12.2 Å². The Morgan fingerprint density at radius 1 is 1.08 bits per heavy atom. The van der Waals surface area contributed by atoms with Gasteiger partial charge in [0.15, 0.2) is 0 Å². The third-order valence-corrected chi connectivity index (χ3v) is 3.40. The number of rotatable bonds is 0. The molecule has 0 amide bonds. The topological polar surface area (TPSA) is 18.5 Å². The fourth-order valence-electron chi connectivity index (χ4n) is 2.36. The van der Waals surface area contributed by atoms with E-state index in [9.17, 15) is 0 Å². The molecule has 0 aliphatic carbocycles. The number of hydrogen-bond acceptors (Lipinski definition) is 2. The molecule has 0 N–H and O–H groups in total. The second-order valence-electron chi connectivity index (χ2n) is 4.42. The zero-order valence-electron chi connectivity index (χ0n) is 8.51. The van der Waals surface area contributed by atoms with Gasteiger partial charge in [-0.05, 0) is 26.7 Å². The van der Waals surface area contributed by atoms with E-state index in [2.05, 4.69) is 26.0 Å². The maximum atomic E-state index is 5.95. The molecule has 1 spiro atoms. The molecule has 0 aromatic rings. The summed E-state index contributed by atoms with van der Waals surface area (Å²) < 4.78 is 11.7. The highest BCUT2D eigenvalue weighted by molar-refractivity contribution is 5.04. The SMILES string of the molecule is CC1(C)OCC[C@@]12CCC=CCO2. The maximum Gasteiger partial charge on any atom is 0.0994 e. The second-order valence-corrected chi connectivity index (χ2v) is 4.42. The highest BCUT2D eigenvalue weighted by Crippen LogP contribution is 2.42. The van der Waals surface area contributed by atoms with E-state index in [4.69, 9.17) is 9.47 Å². The minimum Gasteiger partial charge on any atom is -0.372 e. The molecule has 0 radical (unpaired) electrons. The summed E-state index contributed by atoms with van der Waals surface area (Å²) in [5.74, 6) is 0. The molecular weight excluding hydrogens is 164 g/mol. The molecule has 0 aromatic carbocycles. The number of allylic oxidation sites excluding steroid dienone is 1. The van der Waals surface area contributed by atoms with E-state index in [0.29, 0.717) is 0 Å². The van der Waals surface area contributed by atoms with Gasteiger partial charge in [0.05, 0.1) is 24.4 Å². The van der Waals surface area contributed by atoms with Crippen LogP contribution in [0.3, 0.4) is 0 Å². The molecule has 1 saturated heterocycles. The summed E-state index contributed by atoms with van der Waals surface area (Å²) >= 11 is 0. The van der Waals surface area contributed by atoms with Crippen LogP contribution >= 0.6 is 0 Å². The van der Waals surface area contributed by atoms with Crippen molar-refractivity contribution in [2.45, 2.75) is 44.3 Å². The van der Waals surface area contributed by atoms with E-state index in [1.807, 2.05) is 0 Å². The average molecular weight is 182 g/mol. The summed E-state index contributed by atoms with van der Waals surface area (Å²) in [7, 11) is 0. The Morgan fingerprint density at radius 3 is 2.62 bits per heavy atom. The molecule has 2 heterocycles. The van der Waals surface area contributed by atoms with Gasteiger partial charge in [-0.2, -0.15) is 0 Å². The van der Waals surface area contributed by atoms with E-state index in [0.717, 1.165) is 32.5 Å². The molecule has 13 heavy (non-hydrogen) atoms. The lowest BCUT2D eigenvalue weighted by atomic mass is 9.81. The van der Waals surface area contributed by atoms with Gasteiger partial charge in [0.2, 0.25) is 0 Å². The first-order valence-electron chi connectivity index (χ1n) is 5.09. The van der Waals surface area contributed by atoms with Gasteiger partial charge in [0, 0.05) is 6.42 Å². The second kappa shape index (κ2) is 3.10. The van der Waals surface area contributed by atoms with Crippen molar-refractivity contribution in [3.63, 3.8) is 0 Å². The molecule has 2 aliphatic heterocycles. The van der Waals surface area contributed by atoms with Gasteiger partial charge >= 0.3 is 0 Å². The van der Waals surface area contributed by atoms with Crippen LogP contribution in [0.15, 0.2) is 12.2 Å². The van der Waals surface area contributed by atoms with Crippen molar-refractivity contribution < 1.29 is 9.47 Å². The summed E-state index contributed by atoms with van der Waals surface area (Å²) in [6, 6.07) is 0. The van der Waals surface area contributed by atoms with E-state index in [-0.39, 0.29) is 11.2 Å². The Kier molecular flexibility index (Phi) is 2.20. The lowest BCUT2D eigenvalue weighted by Gasteiger charge is -2.38. The fraction of sp³-hybridized carbons (Fsp3) is 0.818. The van der Waals surface area contributed by atoms with Gasteiger partial charge in [0.1, 0.15) is 0 Å². The first-order valence-corrected chi connectivity index (χ1v) is 5.09. The predicted molar refractivity (Wildman–Crippen MR) is 51.7 cm³/mol. The van der Waals surface area contributed by atoms with Crippen LogP contribution in [0.1, 0.15) is 33.1 Å². The van der Waals surface area contributed by atoms with Gasteiger partial charge in [0.25, 0.3) is 0 Å². The van der Waals surface area contributed by atoms with Crippen molar-refractivity contribution >= 4 is 0 Å². The Labute approximate surface area is 79.9 Å². The van der Waals surface area contributed by atoms with Crippen molar-refractivity contribution in [2.75, 3.05) is 13.2 Å². The lowest BCUT2D eigenvalue weighted by Crippen LogP contribution is -2.48. The molecule has 2 aliphatic rings. The third kappa shape index (κ3) is 1.42. The van der Waals surface area contributed by atoms with Crippen LogP contribution in [0.4, 0.5) is 0 Å². The predicted octanol–water partition coefficient (Wildman–Crippen LogP) is 2.29. The molecule has 0 bridgehead atoms. The normalized spacial score (nSPS) is 38.0. The molecule has 0 unspecified atom stereocenters.